The van der Waals surface area contributed by atoms with Crippen LogP contribution in [0.4, 0.5) is 0 Å². The molecule has 58 valence electrons. The smallest absolute Gasteiger partial charge is 0.0571 e. The van der Waals surface area contributed by atoms with Gasteiger partial charge >= 0.3 is 0 Å². The summed E-state index contributed by atoms with van der Waals surface area (Å²) in [5, 5.41) is 9.58. The maximum absolute atomic E-state index is 9.58. The Hall–Kier alpha value is -0.0400. The molecular formula is C9H16O. The first-order valence-corrected chi connectivity index (χ1v) is 4.54. The Balaban J connectivity index is 2.07. The van der Waals surface area contributed by atoms with Crippen molar-refractivity contribution in [1.29, 1.82) is 0 Å². The van der Waals surface area contributed by atoms with E-state index in [1.165, 1.54) is 32.1 Å². The SMILES string of the molecule is O[C@@H]1C[C@@H]2CCC[C@H]1CC2. The zero-order valence-electron chi connectivity index (χ0n) is 6.42. The number of hydrogen-bond acceptors (Lipinski definition) is 1. The molecule has 0 saturated heterocycles. The molecule has 3 fully saturated rings. The fourth-order valence-corrected chi connectivity index (χ4v) is 2.56. The lowest BCUT2D eigenvalue weighted by atomic mass is 9.82. The second kappa shape index (κ2) is 2.54. The number of rotatable bonds is 0. The van der Waals surface area contributed by atoms with E-state index in [9.17, 15) is 5.11 Å². The van der Waals surface area contributed by atoms with E-state index in [2.05, 4.69) is 0 Å². The Morgan fingerprint density at radius 3 is 2.70 bits per heavy atom. The van der Waals surface area contributed by atoms with Gasteiger partial charge in [0.05, 0.1) is 6.10 Å². The predicted octanol–water partition coefficient (Wildman–Crippen LogP) is 1.95. The van der Waals surface area contributed by atoms with Crippen LogP contribution in [0.15, 0.2) is 0 Å². The van der Waals surface area contributed by atoms with Crippen LogP contribution in [0.25, 0.3) is 0 Å². The van der Waals surface area contributed by atoms with E-state index in [1.807, 2.05) is 0 Å². The first kappa shape index (κ1) is 6.66. The van der Waals surface area contributed by atoms with Gasteiger partial charge in [0.1, 0.15) is 0 Å². The quantitative estimate of drug-likeness (QED) is 0.545. The summed E-state index contributed by atoms with van der Waals surface area (Å²) in [4.78, 5) is 0. The molecule has 1 N–H and O–H groups in total. The summed E-state index contributed by atoms with van der Waals surface area (Å²) in [6.07, 6.45) is 7.89. The second-order valence-corrected chi connectivity index (χ2v) is 3.94. The molecule has 0 aromatic heterocycles. The van der Waals surface area contributed by atoms with E-state index in [4.69, 9.17) is 0 Å². The van der Waals surface area contributed by atoms with Gasteiger partial charge in [-0.3, -0.25) is 0 Å². The minimum Gasteiger partial charge on any atom is -0.393 e. The molecule has 3 aliphatic carbocycles. The van der Waals surface area contributed by atoms with Crippen LogP contribution < -0.4 is 0 Å². The van der Waals surface area contributed by atoms with Crippen molar-refractivity contribution in [2.75, 3.05) is 0 Å². The Morgan fingerprint density at radius 2 is 1.90 bits per heavy atom. The normalized spacial score (nSPS) is 47.1. The lowest BCUT2D eigenvalue weighted by Gasteiger charge is -2.28. The molecule has 0 aromatic carbocycles. The summed E-state index contributed by atoms with van der Waals surface area (Å²) in [6.45, 7) is 0. The fraction of sp³-hybridized carbons (Fsp3) is 1.00. The average Bonchev–Trinajstić information content (AvgIpc) is 2.20. The highest BCUT2D eigenvalue weighted by atomic mass is 16.3. The number of fused-ring (bicyclic) bond motifs is 4. The first-order valence-electron chi connectivity index (χ1n) is 4.54. The third-order valence-electron chi connectivity index (χ3n) is 3.25. The molecule has 0 radical (unpaired) electrons. The molecule has 0 spiro atoms. The van der Waals surface area contributed by atoms with E-state index in [0.717, 1.165) is 12.3 Å². The van der Waals surface area contributed by atoms with Crippen LogP contribution in [-0.2, 0) is 0 Å². The summed E-state index contributed by atoms with van der Waals surface area (Å²) >= 11 is 0. The highest BCUT2D eigenvalue weighted by molar-refractivity contribution is 4.83. The molecule has 0 amide bonds. The van der Waals surface area contributed by atoms with Gasteiger partial charge in [-0.1, -0.05) is 12.8 Å². The molecule has 2 bridgehead atoms. The molecule has 3 saturated carbocycles. The maximum Gasteiger partial charge on any atom is 0.0571 e. The average molecular weight is 140 g/mol. The van der Waals surface area contributed by atoms with Crippen LogP contribution in [0.2, 0.25) is 0 Å². The largest absolute Gasteiger partial charge is 0.393 e. The summed E-state index contributed by atoms with van der Waals surface area (Å²) in [5.74, 6) is 1.53. The lowest BCUT2D eigenvalue weighted by Crippen LogP contribution is -2.25. The summed E-state index contributed by atoms with van der Waals surface area (Å²) in [7, 11) is 0. The Kier molecular flexibility index (Phi) is 1.69. The number of aliphatic hydroxyl groups excluding tert-OH is 1. The minimum absolute atomic E-state index is 0.0567. The van der Waals surface area contributed by atoms with Crippen molar-refractivity contribution >= 4 is 0 Å². The zero-order valence-corrected chi connectivity index (χ0v) is 6.42. The molecule has 1 heteroatoms. The van der Waals surface area contributed by atoms with Crippen molar-refractivity contribution < 1.29 is 5.11 Å². The van der Waals surface area contributed by atoms with E-state index in [0.29, 0.717) is 5.92 Å². The lowest BCUT2D eigenvalue weighted by molar-refractivity contribution is 0.0563. The van der Waals surface area contributed by atoms with Crippen molar-refractivity contribution in [2.45, 2.75) is 44.6 Å². The fourth-order valence-electron chi connectivity index (χ4n) is 2.56. The number of aliphatic hydroxyl groups is 1. The Labute approximate surface area is 62.4 Å². The van der Waals surface area contributed by atoms with Gasteiger partial charge in [0, 0.05) is 0 Å². The van der Waals surface area contributed by atoms with Gasteiger partial charge in [-0.2, -0.15) is 0 Å². The molecule has 10 heavy (non-hydrogen) atoms. The van der Waals surface area contributed by atoms with Crippen LogP contribution in [0.5, 0.6) is 0 Å². The van der Waals surface area contributed by atoms with E-state index in [-0.39, 0.29) is 6.10 Å². The van der Waals surface area contributed by atoms with Gasteiger partial charge in [0.15, 0.2) is 0 Å². The second-order valence-electron chi connectivity index (χ2n) is 3.94. The molecule has 0 aromatic rings. The van der Waals surface area contributed by atoms with Crippen LogP contribution in [0, 0.1) is 11.8 Å². The molecule has 0 heterocycles. The van der Waals surface area contributed by atoms with Gasteiger partial charge in [-0.25, -0.2) is 0 Å². The Bertz CT molecular complexity index is 118. The highest BCUT2D eigenvalue weighted by Crippen LogP contribution is 2.38. The van der Waals surface area contributed by atoms with E-state index >= 15 is 0 Å². The summed E-state index contributed by atoms with van der Waals surface area (Å²) < 4.78 is 0. The van der Waals surface area contributed by atoms with Gasteiger partial charge in [-0.05, 0) is 37.5 Å². The van der Waals surface area contributed by atoms with Crippen LogP contribution in [0.3, 0.4) is 0 Å². The molecule has 3 rings (SSSR count). The van der Waals surface area contributed by atoms with Crippen LogP contribution >= 0.6 is 0 Å². The topological polar surface area (TPSA) is 20.2 Å². The molecule has 0 unspecified atom stereocenters. The van der Waals surface area contributed by atoms with E-state index in [1.54, 1.807) is 0 Å². The van der Waals surface area contributed by atoms with Gasteiger partial charge in [0.25, 0.3) is 0 Å². The minimum atomic E-state index is 0.0567. The molecule has 0 aliphatic heterocycles. The highest BCUT2D eigenvalue weighted by Gasteiger charge is 2.31. The molecule has 3 aliphatic rings. The molecule has 3 atom stereocenters. The Morgan fingerprint density at radius 1 is 1.00 bits per heavy atom. The standard InChI is InChI=1S/C9H16O/c10-9-6-7-2-1-3-8(9)5-4-7/h7-10H,1-6H2/t7-,8+,9-/m1/s1. The third-order valence-corrected chi connectivity index (χ3v) is 3.25. The van der Waals surface area contributed by atoms with Crippen molar-refractivity contribution in [3.05, 3.63) is 0 Å². The van der Waals surface area contributed by atoms with Crippen molar-refractivity contribution in [3.63, 3.8) is 0 Å². The van der Waals surface area contributed by atoms with Crippen molar-refractivity contribution in [1.82, 2.24) is 0 Å². The van der Waals surface area contributed by atoms with Crippen molar-refractivity contribution in [2.24, 2.45) is 11.8 Å². The third kappa shape index (κ3) is 1.07. The first-order chi connectivity index (χ1) is 4.86. The summed E-state index contributed by atoms with van der Waals surface area (Å²) in [5.41, 5.74) is 0. The van der Waals surface area contributed by atoms with Crippen LogP contribution in [-0.4, -0.2) is 11.2 Å². The maximum atomic E-state index is 9.58. The number of hydrogen-bond donors (Lipinski definition) is 1. The van der Waals surface area contributed by atoms with Crippen molar-refractivity contribution in [3.8, 4) is 0 Å². The monoisotopic (exact) mass is 140 g/mol. The van der Waals surface area contributed by atoms with Gasteiger partial charge in [0.2, 0.25) is 0 Å². The summed E-state index contributed by atoms with van der Waals surface area (Å²) in [6, 6.07) is 0. The zero-order chi connectivity index (χ0) is 6.97. The molecular weight excluding hydrogens is 124 g/mol. The predicted molar refractivity (Wildman–Crippen MR) is 40.7 cm³/mol. The van der Waals surface area contributed by atoms with Gasteiger partial charge in [-0.15, -0.1) is 0 Å². The van der Waals surface area contributed by atoms with Gasteiger partial charge < -0.3 is 5.11 Å². The molecule has 1 nitrogen and oxygen atoms in total. The van der Waals surface area contributed by atoms with E-state index < -0.39 is 0 Å². The van der Waals surface area contributed by atoms with Crippen LogP contribution in [0.1, 0.15) is 38.5 Å².